The molecule has 0 radical (unpaired) electrons. The number of likely N-dealkylation sites (N-methyl/N-ethyl adjacent to an activating group) is 1. The lowest BCUT2D eigenvalue weighted by atomic mass is 9.95. The first-order valence-corrected chi connectivity index (χ1v) is 11.8. The SMILES string of the molecule is CCN(CC)CCOc1cccc2c1CC(c1nc3cc(-c4ccnc(N)n4)ccc3[nH]1)CO2. The molecule has 0 bridgehead atoms. The number of nitrogen functional groups attached to an aromatic ring is 1. The molecule has 1 aliphatic heterocycles. The van der Waals surface area contributed by atoms with Crippen molar-refractivity contribution < 1.29 is 9.47 Å². The van der Waals surface area contributed by atoms with Crippen LogP contribution in [0, 0.1) is 0 Å². The summed E-state index contributed by atoms with van der Waals surface area (Å²) in [5.74, 6) is 3.09. The lowest BCUT2D eigenvalue weighted by Gasteiger charge is -2.26. The van der Waals surface area contributed by atoms with Crippen molar-refractivity contribution in [3.05, 3.63) is 60.0 Å². The Bertz CT molecular complexity index is 1280. The van der Waals surface area contributed by atoms with Crippen LogP contribution in [0.2, 0.25) is 0 Å². The number of nitrogens with zero attached hydrogens (tertiary/aromatic N) is 4. The quantitative estimate of drug-likeness (QED) is 0.411. The van der Waals surface area contributed by atoms with Crippen LogP contribution in [-0.2, 0) is 6.42 Å². The average molecular weight is 459 g/mol. The molecule has 1 unspecified atom stereocenters. The normalized spacial score (nSPS) is 15.3. The number of aromatic nitrogens is 4. The third-order valence-corrected chi connectivity index (χ3v) is 6.40. The summed E-state index contributed by atoms with van der Waals surface area (Å²) >= 11 is 0. The third-order valence-electron chi connectivity index (χ3n) is 6.40. The molecule has 2 aromatic carbocycles. The molecule has 8 nitrogen and oxygen atoms in total. The van der Waals surface area contributed by atoms with Gasteiger partial charge in [-0.1, -0.05) is 26.0 Å². The number of ether oxygens (including phenoxy) is 2. The number of benzene rings is 2. The molecule has 3 N–H and O–H groups in total. The van der Waals surface area contributed by atoms with E-state index in [0.717, 1.165) is 71.2 Å². The minimum Gasteiger partial charge on any atom is -0.492 e. The van der Waals surface area contributed by atoms with Gasteiger partial charge in [-0.3, -0.25) is 0 Å². The van der Waals surface area contributed by atoms with Crippen molar-refractivity contribution in [2.24, 2.45) is 0 Å². The fraction of sp³-hybridized carbons (Fsp3) is 0.346. The highest BCUT2D eigenvalue weighted by atomic mass is 16.5. The summed E-state index contributed by atoms with van der Waals surface area (Å²) in [5, 5.41) is 0. The van der Waals surface area contributed by atoms with E-state index in [0.29, 0.717) is 13.2 Å². The van der Waals surface area contributed by atoms with Gasteiger partial charge in [-0.05, 0) is 49.8 Å². The second-order valence-electron chi connectivity index (χ2n) is 8.47. The molecule has 0 aliphatic carbocycles. The monoisotopic (exact) mass is 458 g/mol. The van der Waals surface area contributed by atoms with Crippen LogP contribution >= 0.6 is 0 Å². The highest BCUT2D eigenvalue weighted by Gasteiger charge is 2.26. The zero-order valence-electron chi connectivity index (χ0n) is 19.6. The van der Waals surface area contributed by atoms with Gasteiger partial charge in [0.05, 0.1) is 29.3 Å². The molecule has 0 amide bonds. The molecule has 0 spiro atoms. The lowest BCUT2D eigenvalue weighted by molar-refractivity contribution is 0.214. The maximum atomic E-state index is 6.18. The summed E-state index contributed by atoms with van der Waals surface area (Å²) in [6.45, 7) is 8.53. The summed E-state index contributed by atoms with van der Waals surface area (Å²) in [4.78, 5) is 19.0. The number of hydrogen-bond acceptors (Lipinski definition) is 7. The first-order chi connectivity index (χ1) is 16.6. The van der Waals surface area contributed by atoms with Crippen molar-refractivity contribution in [3.8, 4) is 22.8 Å². The molecular formula is C26H30N6O2. The van der Waals surface area contributed by atoms with Crippen LogP contribution in [0.25, 0.3) is 22.3 Å². The number of anilines is 1. The van der Waals surface area contributed by atoms with E-state index < -0.39 is 0 Å². The van der Waals surface area contributed by atoms with Gasteiger partial charge in [0.15, 0.2) is 0 Å². The minimum absolute atomic E-state index is 0.116. The molecule has 8 heteroatoms. The van der Waals surface area contributed by atoms with E-state index in [4.69, 9.17) is 20.2 Å². The predicted octanol–water partition coefficient (Wildman–Crippen LogP) is 4.04. The number of fused-ring (bicyclic) bond motifs is 2. The highest BCUT2D eigenvalue weighted by molar-refractivity contribution is 5.81. The Labute approximate surface area is 199 Å². The van der Waals surface area contributed by atoms with Crippen molar-refractivity contribution in [3.63, 3.8) is 0 Å². The number of aromatic amines is 1. The summed E-state index contributed by atoms with van der Waals surface area (Å²) < 4.78 is 12.3. The molecule has 34 heavy (non-hydrogen) atoms. The summed E-state index contributed by atoms with van der Waals surface area (Å²) in [7, 11) is 0. The number of imidazole rings is 1. The smallest absolute Gasteiger partial charge is 0.220 e. The van der Waals surface area contributed by atoms with Crippen LogP contribution < -0.4 is 15.2 Å². The van der Waals surface area contributed by atoms with E-state index in [9.17, 15) is 0 Å². The summed E-state index contributed by atoms with van der Waals surface area (Å²) in [6.07, 6.45) is 2.47. The first kappa shape index (κ1) is 22.2. The molecule has 5 rings (SSSR count). The minimum atomic E-state index is 0.116. The van der Waals surface area contributed by atoms with Crippen LogP contribution in [-0.4, -0.2) is 57.7 Å². The van der Waals surface area contributed by atoms with Crippen molar-refractivity contribution >= 4 is 17.0 Å². The highest BCUT2D eigenvalue weighted by Crippen LogP contribution is 2.38. The van der Waals surface area contributed by atoms with Gasteiger partial charge in [0.1, 0.15) is 23.9 Å². The van der Waals surface area contributed by atoms with Crippen molar-refractivity contribution in [2.45, 2.75) is 26.2 Å². The second-order valence-corrected chi connectivity index (χ2v) is 8.47. The van der Waals surface area contributed by atoms with Gasteiger partial charge in [0, 0.05) is 23.9 Å². The van der Waals surface area contributed by atoms with E-state index in [1.807, 2.05) is 42.5 Å². The fourth-order valence-electron chi connectivity index (χ4n) is 4.43. The number of rotatable bonds is 8. The molecule has 1 atom stereocenters. The van der Waals surface area contributed by atoms with Crippen LogP contribution in [0.15, 0.2) is 48.7 Å². The van der Waals surface area contributed by atoms with Crippen LogP contribution in [0.5, 0.6) is 11.5 Å². The lowest BCUT2D eigenvalue weighted by Crippen LogP contribution is -2.28. The van der Waals surface area contributed by atoms with Gasteiger partial charge in [0.25, 0.3) is 0 Å². The Balaban J connectivity index is 1.35. The van der Waals surface area contributed by atoms with Gasteiger partial charge < -0.3 is 25.1 Å². The van der Waals surface area contributed by atoms with Crippen LogP contribution in [0.3, 0.4) is 0 Å². The fourth-order valence-corrected chi connectivity index (χ4v) is 4.43. The van der Waals surface area contributed by atoms with E-state index in [1.54, 1.807) is 6.20 Å². The summed E-state index contributed by atoms with van der Waals surface area (Å²) in [6, 6.07) is 14.0. The molecule has 4 aromatic rings. The van der Waals surface area contributed by atoms with Crippen molar-refractivity contribution in [2.75, 3.05) is 38.6 Å². The molecule has 1 aliphatic rings. The molecule has 0 fully saturated rings. The van der Waals surface area contributed by atoms with Gasteiger partial charge >= 0.3 is 0 Å². The van der Waals surface area contributed by atoms with Gasteiger partial charge in [0.2, 0.25) is 5.95 Å². The van der Waals surface area contributed by atoms with Crippen molar-refractivity contribution in [1.82, 2.24) is 24.8 Å². The Hall–Kier alpha value is -3.65. The molecule has 0 saturated heterocycles. The second kappa shape index (κ2) is 9.69. The molecule has 0 saturated carbocycles. The molecule has 176 valence electrons. The topological polar surface area (TPSA) is 102 Å². The van der Waals surface area contributed by atoms with E-state index >= 15 is 0 Å². The zero-order valence-corrected chi connectivity index (χ0v) is 19.6. The Morgan fingerprint density at radius 2 is 2.03 bits per heavy atom. The standard InChI is InChI=1S/C26H30N6O2/c1-3-32(4-2)12-13-33-23-6-5-7-24-19(23)14-18(16-34-24)25-29-21-9-8-17(15-22(21)30-25)20-10-11-28-26(27)31-20/h5-11,15,18H,3-4,12-14,16H2,1-2H3,(H,29,30)(H2,27,28,31). The maximum absolute atomic E-state index is 6.18. The van der Waals surface area contributed by atoms with Gasteiger partial charge in [-0.2, -0.15) is 0 Å². The van der Waals surface area contributed by atoms with E-state index in [2.05, 4.69) is 33.7 Å². The molecule has 3 heterocycles. The zero-order chi connectivity index (χ0) is 23.5. The number of nitrogens with one attached hydrogen (secondary N) is 1. The number of nitrogens with two attached hydrogens (primary N) is 1. The predicted molar refractivity (Wildman–Crippen MR) is 133 cm³/mol. The molecular weight excluding hydrogens is 428 g/mol. The Kier molecular flexibility index (Phi) is 6.31. The van der Waals surface area contributed by atoms with E-state index in [1.165, 1.54) is 0 Å². The average Bonchev–Trinajstić information content (AvgIpc) is 3.30. The van der Waals surface area contributed by atoms with Gasteiger partial charge in [-0.15, -0.1) is 0 Å². The number of hydrogen-bond donors (Lipinski definition) is 2. The molecule has 2 aromatic heterocycles. The largest absolute Gasteiger partial charge is 0.492 e. The van der Waals surface area contributed by atoms with E-state index in [-0.39, 0.29) is 11.9 Å². The first-order valence-electron chi connectivity index (χ1n) is 11.8. The maximum Gasteiger partial charge on any atom is 0.220 e. The summed E-state index contributed by atoms with van der Waals surface area (Å²) in [5.41, 5.74) is 10.5. The number of H-pyrrole nitrogens is 1. The van der Waals surface area contributed by atoms with Crippen molar-refractivity contribution in [1.29, 1.82) is 0 Å². The van der Waals surface area contributed by atoms with Gasteiger partial charge in [-0.25, -0.2) is 15.0 Å². The van der Waals surface area contributed by atoms with Crippen LogP contribution in [0.1, 0.15) is 31.2 Å². The third kappa shape index (κ3) is 4.54. The van der Waals surface area contributed by atoms with Crippen LogP contribution in [0.4, 0.5) is 5.95 Å². The Morgan fingerprint density at radius 1 is 1.15 bits per heavy atom. The Morgan fingerprint density at radius 3 is 2.85 bits per heavy atom.